The minimum atomic E-state index is -2.07. The Kier molecular flexibility index (Phi) is 18.1. The number of hydrogen-bond donors (Lipinski definition) is 2. The summed E-state index contributed by atoms with van der Waals surface area (Å²) in [7, 11) is 3.76. The molecule has 5 atom stereocenters. The second-order valence-electron chi connectivity index (χ2n) is 16.4. The van der Waals surface area contributed by atoms with Crippen molar-refractivity contribution in [3.63, 3.8) is 0 Å². The monoisotopic (exact) mass is 984 g/mol. The van der Waals surface area contributed by atoms with Crippen molar-refractivity contribution in [3.05, 3.63) is 156 Å². The summed E-state index contributed by atoms with van der Waals surface area (Å²) in [5, 5.41) is 24.5. The number of nitrogens with zero attached hydrogens (tertiary/aromatic N) is 4. The molecule has 21 heteroatoms. The highest BCUT2D eigenvalue weighted by molar-refractivity contribution is 7.44. The number of aromatic nitrogens is 2. The molecule has 2 heterocycles. The normalized spacial score (nSPS) is 17.2. The van der Waals surface area contributed by atoms with E-state index in [1.54, 1.807) is 14.2 Å². The van der Waals surface area contributed by atoms with Gasteiger partial charge < -0.3 is 47.5 Å². The van der Waals surface area contributed by atoms with Crippen LogP contribution in [0.5, 0.6) is 23.0 Å². The highest BCUT2D eigenvalue weighted by Crippen LogP contribution is 2.51. The topological polar surface area (TPSA) is 237 Å². The Morgan fingerprint density at radius 3 is 2.00 bits per heavy atom. The standard InChI is InChI=1S/C49H57N6O14P/c1-31(2)54(32(3)4)70(67-26-12-24-50)69-45-42(30-66-49(34-13-10-9-11-14-34,35-15-19-37(61-5)20-16-35)36-17-21-38(62-6)22-18-36)68-46(53-25-23-43(56)51-47(53)57)44(45)52-48(58)65-29-33-27-40(63-7)41(64-8)28-39(33)55(59)60/h9-11,13-23,25,27-28,31-32,42,44-46H,12,26,29-30H2,1-8H3,(H,52,58)(H,51,56,57)/t42-,44-,45-,46-,70?/m1/s1. The van der Waals surface area contributed by atoms with Crippen molar-refractivity contribution in [2.75, 3.05) is 41.7 Å². The lowest BCUT2D eigenvalue weighted by atomic mass is 9.80. The molecule has 1 aliphatic heterocycles. The van der Waals surface area contributed by atoms with E-state index in [0.29, 0.717) is 22.6 Å². The number of nitrogens with one attached hydrogen (secondary N) is 2. The van der Waals surface area contributed by atoms with Crippen molar-refractivity contribution in [2.45, 2.75) is 82.9 Å². The zero-order valence-corrected chi connectivity index (χ0v) is 41.0. The zero-order chi connectivity index (χ0) is 50.5. The molecule has 1 saturated heterocycles. The number of nitro benzene ring substituents is 1. The van der Waals surface area contributed by atoms with Gasteiger partial charge in [0.15, 0.2) is 17.7 Å². The highest BCUT2D eigenvalue weighted by atomic mass is 31.2. The summed E-state index contributed by atoms with van der Waals surface area (Å²) in [6.45, 7) is 6.95. The molecule has 2 N–H and O–H groups in total. The summed E-state index contributed by atoms with van der Waals surface area (Å²) in [6, 6.07) is 28.4. The average Bonchev–Trinajstić information content (AvgIpc) is 3.68. The van der Waals surface area contributed by atoms with Gasteiger partial charge in [0, 0.05) is 24.3 Å². The minimum absolute atomic E-state index is 0.00794. The number of nitro groups is 1. The van der Waals surface area contributed by atoms with E-state index in [1.807, 2.05) is 111 Å². The third-order valence-corrected chi connectivity index (χ3v) is 13.5. The number of aromatic amines is 1. The van der Waals surface area contributed by atoms with Gasteiger partial charge in [0.25, 0.3) is 19.8 Å². The highest BCUT2D eigenvalue weighted by Gasteiger charge is 2.52. The van der Waals surface area contributed by atoms with Gasteiger partial charge in [0.1, 0.15) is 42.0 Å². The Morgan fingerprint density at radius 2 is 1.47 bits per heavy atom. The van der Waals surface area contributed by atoms with Crippen molar-refractivity contribution in [2.24, 2.45) is 0 Å². The number of ether oxygens (including phenoxy) is 7. The van der Waals surface area contributed by atoms with Gasteiger partial charge in [-0.15, -0.1) is 0 Å². The summed E-state index contributed by atoms with van der Waals surface area (Å²) in [5.74, 6) is 1.46. The van der Waals surface area contributed by atoms with E-state index >= 15 is 0 Å². The van der Waals surface area contributed by atoms with Crippen molar-refractivity contribution in [1.82, 2.24) is 19.5 Å². The summed E-state index contributed by atoms with van der Waals surface area (Å²) < 4.78 is 58.0. The number of H-pyrrole nitrogens is 1. The summed E-state index contributed by atoms with van der Waals surface area (Å²) in [5.41, 5.74) is -1.21. The smallest absolute Gasteiger partial charge is 0.407 e. The number of benzene rings is 4. The van der Waals surface area contributed by atoms with Crippen LogP contribution in [0.15, 0.2) is 113 Å². The zero-order valence-electron chi connectivity index (χ0n) is 40.1. The lowest BCUT2D eigenvalue weighted by molar-refractivity contribution is -0.385. The number of carbonyl (C=O) groups excluding carboxylic acids is 1. The van der Waals surface area contributed by atoms with Crippen LogP contribution in [0.2, 0.25) is 0 Å². The molecule has 1 aromatic heterocycles. The third kappa shape index (κ3) is 11.9. The summed E-state index contributed by atoms with van der Waals surface area (Å²) in [4.78, 5) is 54.1. The van der Waals surface area contributed by atoms with Crippen LogP contribution in [-0.4, -0.2) is 97.2 Å². The third-order valence-electron chi connectivity index (χ3n) is 11.4. The van der Waals surface area contributed by atoms with Gasteiger partial charge in [-0.05, 0) is 74.7 Å². The van der Waals surface area contributed by atoms with Crippen LogP contribution >= 0.6 is 8.53 Å². The number of amides is 1. The van der Waals surface area contributed by atoms with Crippen molar-refractivity contribution in [1.29, 1.82) is 5.26 Å². The molecule has 1 amide bonds. The quantitative estimate of drug-likeness (QED) is 0.0214. The number of nitriles is 1. The van der Waals surface area contributed by atoms with Gasteiger partial charge in [0.05, 0.1) is 70.7 Å². The van der Waals surface area contributed by atoms with Gasteiger partial charge in [-0.3, -0.25) is 24.5 Å². The number of carbonyl (C=O) groups is 1. The number of hydrogen-bond acceptors (Lipinski definition) is 16. The molecule has 0 bridgehead atoms. The van der Waals surface area contributed by atoms with Crippen LogP contribution in [-0.2, 0) is 35.5 Å². The first-order valence-corrected chi connectivity index (χ1v) is 23.4. The van der Waals surface area contributed by atoms with Gasteiger partial charge in [0.2, 0.25) is 0 Å². The molecule has 1 unspecified atom stereocenters. The average molecular weight is 985 g/mol. The lowest BCUT2D eigenvalue weighted by Crippen LogP contribution is -2.50. The molecule has 20 nitrogen and oxygen atoms in total. The molecule has 1 fully saturated rings. The predicted octanol–water partition coefficient (Wildman–Crippen LogP) is 7.34. The fraction of sp³-hybridized carbons (Fsp3) is 0.388. The Hall–Kier alpha value is -6.85. The van der Waals surface area contributed by atoms with Crippen LogP contribution in [0.4, 0.5) is 10.5 Å². The Morgan fingerprint density at radius 1 is 0.886 bits per heavy atom. The second kappa shape index (κ2) is 24.1. The lowest BCUT2D eigenvalue weighted by Gasteiger charge is -2.39. The molecule has 0 saturated carbocycles. The van der Waals surface area contributed by atoms with Crippen LogP contribution in [0.3, 0.4) is 0 Å². The molecule has 0 radical (unpaired) electrons. The number of rotatable bonds is 23. The molecule has 6 rings (SSSR count). The Bertz CT molecular complexity index is 2640. The summed E-state index contributed by atoms with van der Waals surface area (Å²) in [6.07, 6.45) is -3.60. The molecule has 4 aromatic carbocycles. The molecule has 70 heavy (non-hydrogen) atoms. The molecule has 5 aromatic rings. The maximum Gasteiger partial charge on any atom is 0.407 e. The molecule has 1 aliphatic rings. The number of alkyl carbamates (subject to hydrolysis) is 1. The minimum Gasteiger partial charge on any atom is -0.497 e. The van der Waals surface area contributed by atoms with Crippen molar-refractivity contribution < 1.29 is 51.9 Å². The van der Waals surface area contributed by atoms with Crippen LogP contribution in [0.25, 0.3) is 0 Å². The van der Waals surface area contributed by atoms with E-state index in [2.05, 4.69) is 16.4 Å². The first-order chi connectivity index (χ1) is 33.7. The predicted molar refractivity (Wildman–Crippen MR) is 257 cm³/mol. The fourth-order valence-corrected chi connectivity index (χ4v) is 10.00. The first kappa shape index (κ1) is 52.5. The van der Waals surface area contributed by atoms with Gasteiger partial charge in [-0.1, -0.05) is 54.6 Å². The Labute approximate surface area is 406 Å². The van der Waals surface area contributed by atoms with Gasteiger partial charge in [-0.25, -0.2) is 14.3 Å². The van der Waals surface area contributed by atoms with E-state index in [1.165, 1.54) is 26.5 Å². The van der Waals surface area contributed by atoms with E-state index in [9.17, 15) is 29.8 Å². The first-order valence-electron chi connectivity index (χ1n) is 22.2. The van der Waals surface area contributed by atoms with Crippen LogP contribution in [0.1, 0.15) is 62.6 Å². The maximum atomic E-state index is 14.2. The van der Waals surface area contributed by atoms with Crippen LogP contribution in [0, 0.1) is 21.4 Å². The number of methoxy groups -OCH3 is 4. The van der Waals surface area contributed by atoms with Crippen LogP contribution < -0.4 is 35.5 Å². The van der Waals surface area contributed by atoms with E-state index in [0.717, 1.165) is 22.3 Å². The largest absolute Gasteiger partial charge is 0.497 e. The fourth-order valence-electron chi connectivity index (χ4n) is 8.22. The van der Waals surface area contributed by atoms with Gasteiger partial charge in [-0.2, -0.15) is 5.26 Å². The summed E-state index contributed by atoms with van der Waals surface area (Å²) >= 11 is 0. The van der Waals surface area contributed by atoms with Crippen molar-refractivity contribution >= 4 is 20.3 Å². The molecular weight excluding hydrogens is 928 g/mol. The van der Waals surface area contributed by atoms with E-state index in [4.69, 9.17) is 42.2 Å². The SMILES string of the molecule is COc1ccc(C(OC[C@H]2O[C@@H](n3ccc(=O)[nH]c3=O)[C@H](NC(=O)OCc3cc(OC)c(OC)cc3[N+](=O)[O-])[C@@H]2OP(OCCC#N)N(C(C)C)C(C)C)(c2ccccc2)c2ccc(OC)cc2)cc1. The maximum absolute atomic E-state index is 14.2. The molecule has 0 spiro atoms. The second-order valence-corrected chi connectivity index (χ2v) is 17.8. The molecule has 0 aliphatic carbocycles. The van der Waals surface area contributed by atoms with E-state index < -0.39 is 73.2 Å². The van der Waals surface area contributed by atoms with Crippen molar-refractivity contribution in [3.8, 4) is 29.1 Å². The molecule has 372 valence electrons. The molecular formula is C49H57N6O14P. The Balaban J connectivity index is 1.50. The van der Waals surface area contributed by atoms with E-state index in [-0.39, 0.29) is 48.8 Å². The van der Waals surface area contributed by atoms with Gasteiger partial charge >= 0.3 is 11.8 Å².